The van der Waals surface area contributed by atoms with E-state index < -0.39 is 4.92 Å². The second-order valence-electron chi connectivity index (χ2n) is 4.57. The number of Topliss-reactive ketones (excluding diaryl/α,β-unsaturated/α-hetero) is 1. The molecule has 0 spiro atoms. The van der Waals surface area contributed by atoms with Crippen LogP contribution in [-0.4, -0.2) is 24.1 Å². The molecule has 0 heterocycles. The highest BCUT2D eigenvalue weighted by atomic mass is 16.7. The van der Waals surface area contributed by atoms with Crippen LogP contribution in [0.5, 0.6) is 5.75 Å². The molecule has 0 N–H and O–H groups in total. The molecule has 2 rings (SSSR count). The number of hydrogen-bond donors (Lipinski definition) is 0. The van der Waals surface area contributed by atoms with Crippen molar-refractivity contribution in [3.8, 4) is 5.75 Å². The number of nitrogens with zero attached hydrogens (tertiary/aromatic N) is 1. The number of nitro groups is 1. The van der Waals surface area contributed by atoms with Crippen molar-refractivity contribution < 1.29 is 19.2 Å². The van der Waals surface area contributed by atoms with E-state index in [0.29, 0.717) is 18.3 Å². The van der Waals surface area contributed by atoms with Gasteiger partial charge in [-0.2, -0.15) is 0 Å². The third kappa shape index (κ3) is 3.75. The van der Waals surface area contributed by atoms with Gasteiger partial charge in [0, 0.05) is 12.1 Å². The highest BCUT2D eigenvalue weighted by molar-refractivity contribution is 5.97. The van der Waals surface area contributed by atoms with Gasteiger partial charge < -0.3 is 9.47 Å². The van der Waals surface area contributed by atoms with Crippen LogP contribution in [0.3, 0.4) is 0 Å². The second kappa shape index (κ2) is 5.79. The van der Waals surface area contributed by atoms with Crippen LogP contribution in [-0.2, 0) is 4.74 Å². The van der Waals surface area contributed by atoms with Gasteiger partial charge in [-0.25, -0.2) is 0 Å². The Labute approximate surface area is 110 Å². The SMILES string of the molecule is CC(=O)c1cc([N+](=O)[O-])ccc1OCOCC1CC1. The number of ether oxygens (including phenoxy) is 2. The number of carbonyl (C=O) groups excluding carboxylic acids is 1. The largest absolute Gasteiger partial charge is 0.467 e. The van der Waals surface area contributed by atoms with Crippen LogP contribution in [0.4, 0.5) is 5.69 Å². The Morgan fingerprint density at radius 1 is 1.47 bits per heavy atom. The van der Waals surface area contributed by atoms with Crippen LogP contribution in [0.1, 0.15) is 30.1 Å². The Balaban J connectivity index is 2.00. The van der Waals surface area contributed by atoms with Crippen molar-refractivity contribution in [2.75, 3.05) is 13.4 Å². The molecule has 1 aromatic carbocycles. The van der Waals surface area contributed by atoms with Gasteiger partial charge in [-0.15, -0.1) is 0 Å². The number of rotatable bonds is 7. The van der Waals surface area contributed by atoms with Crippen molar-refractivity contribution in [1.82, 2.24) is 0 Å². The Bertz CT molecular complexity index is 496. The molecule has 1 aromatic rings. The molecule has 1 aliphatic rings. The molecule has 0 aromatic heterocycles. The first-order valence-electron chi connectivity index (χ1n) is 6.08. The topological polar surface area (TPSA) is 78.7 Å². The molecule has 19 heavy (non-hydrogen) atoms. The lowest BCUT2D eigenvalue weighted by atomic mass is 10.1. The zero-order valence-corrected chi connectivity index (χ0v) is 10.6. The molecule has 1 fully saturated rings. The molecule has 0 radical (unpaired) electrons. The van der Waals surface area contributed by atoms with Crippen LogP contribution in [0.25, 0.3) is 0 Å². The summed E-state index contributed by atoms with van der Waals surface area (Å²) >= 11 is 0. The van der Waals surface area contributed by atoms with Gasteiger partial charge in [-0.1, -0.05) is 0 Å². The van der Waals surface area contributed by atoms with Gasteiger partial charge in [0.15, 0.2) is 12.6 Å². The Kier molecular flexibility index (Phi) is 4.11. The summed E-state index contributed by atoms with van der Waals surface area (Å²) in [6, 6.07) is 3.95. The average molecular weight is 265 g/mol. The summed E-state index contributed by atoms with van der Waals surface area (Å²) in [5.74, 6) is 0.669. The van der Waals surface area contributed by atoms with E-state index >= 15 is 0 Å². The summed E-state index contributed by atoms with van der Waals surface area (Å²) in [4.78, 5) is 21.6. The lowest BCUT2D eigenvalue weighted by molar-refractivity contribution is -0.384. The molecule has 0 unspecified atom stereocenters. The molecular weight excluding hydrogens is 250 g/mol. The lowest BCUT2D eigenvalue weighted by Gasteiger charge is -2.09. The fraction of sp³-hybridized carbons (Fsp3) is 0.462. The quantitative estimate of drug-likeness (QED) is 0.249. The number of non-ortho nitro benzene ring substituents is 1. The lowest BCUT2D eigenvalue weighted by Crippen LogP contribution is -2.08. The third-order valence-electron chi connectivity index (χ3n) is 2.90. The minimum absolute atomic E-state index is 0.0502. The molecule has 0 aliphatic heterocycles. The van der Waals surface area contributed by atoms with Gasteiger partial charge in [0.1, 0.15) is 5.75 Å². The summed E-state index contributed by atoms with van der Waals surface area (Å²) in [6.45, 7) is 2.05. The third-order valence-corrected chi connectivity index (χ3v) is 2.90. The van der Waals surface area contributed by atoms with Gasteiger partial charge in [-0.3, -0.25) is 14.9 Å². The van der Waals surface area contributed by atoms with E-state index in [1.165, 1.54) is 38.0 Å². The second-order valence-corrected chi connectivity index (χ2v) is 4.57. The fourth-order valence-corrected chi connectivity index (χ4v) is 1.64. The molecule has 0 bridgehead atoms. The molecule has 0 saturated heterocycles. The molecule has 1 aliphatic carbocycles. The molecule has 6 nitrogen and oxygen atoms in total. The number of hydrogen-bond acceptors (Lipinski definition) is 5. The van der Waals surface area contributed by atoms with Crippen LogP contribution < -0.4 is 4.74 Å². The molecule has 0 amide bonds. The summed E-state index contributed by atoms with van der Waals surface area (Å²) in [6.07, 6.45) is 2.38. The molecular formula is C13H15NO5. The first kappa shape index (κ1) is 13.5. The number of benzene rings is 1. The maximum absolute atomic E-state index is 11.4. The van der Waals surface area contributed by atoms with Crippen molar-refractivity contribution in [3.63, 3.8) is 0 Å². The average Bonchev–Trinajstić information content (AvgIpc) is 3.18. The standard InChI is InChI=1S/C13H15NO5/c1-9(15)12-6-11(14(16)17)4-5-13(12)19-8-18-7-10-2-3-10/h4-6,10H,2-3,7-8H2,1H3. The molecule has 1 saturated carbocycles. The summed E-state index contributed by atoms with van der Waals surface area (Å²) in [5.41, 5.74) is 0.0701. The minimum atomic E-state index is -0.542. The minimum Gasteiger partial charge on any atom is -0.467 e. The van der Waals surface area contributed by atoms with Gasteiger partial charge in [0.2, 0.25) is 0 Å². The number of carbonyl (C=O) groups is 1. The van der Waals surface area contributed by atoms with Gasteiger partial charge in [0.25, 0.3) is 5.69 Å². The summed E-state index contributed by atoms with van der Waals surface area (Å²) in [7, 11) is 0. The predicted molar refractivity (Wildman–Crippen MR) is 67.3 cm³/mol. The Hall–Kier alpha value is -1.95. The fourth-order valence-electron chi connectivity index (χ4n) is 1.64. The Morgan fingerprint density at radius 3 is 2.79 bits per heavy atom. The van der Waals surface area contributed by atoms with E-state index in [4.69, 9.17) is 9.47 Å². The van der Waals surface area contributed by atoms with E-state index in [9.17, 15) is 14.9 Å². The summed E-state index contributed by atoms with van der Waals surface area (Å²) in [5, 5.41) is 10.7. The van der Waals surface area contributed by atoms with Gasteiger partial charge in [0.05, 0.1) is 17.1 Å². The zero-order valence-electron chi connectivity index (χ0n) is 10.6. The highest BCUT2D eigenvalue weighted by Gasteiger charge is 2.21. The normalized spacial score (nSPS) is 14.2. The van der Waals surface area contributed by atoms with Crippen LogP contribution in [0.2, 0.25) is 0 Å². The van der Waals surface area contributed by atoms with E-state index in [-0.39, 0.29) is 23.8 Å². The van der Waals surface area contributed by atoms with E-state index in [0.717, 1.165) is 0 Å². The number of ketones is 1. The monoisotopic (exact) mass is 265 g/mol. The molecule has 0 atom stereocenters. The number of nitro benzene ring substituents is 1. The van der Waals surface area contributed by atoms with Gasteiger partial charge >= 0.3 is 0 Å². The Morgan fingerprint density at radius 2 is 2.21 bits per heavy atom. The first-order valence-corrected chi connectivity index (χ1v) is 6.08. The zero-order chi connectivity index (χ0) is 13.8. The first-order chi connectivity index (χ1) is 9.08. The van der Waals surface area contributed by atoms with Crippen molar-refractivity contribution in [2.24, 2.45) is 5.92 Å². The van der Waals surface area contributed by atoms with Gasteiger partial charge in [-0.05, 0) is 31.7 Å². The van der Waals surface area contributed by atoms with E-state index in [1.54, 1.807) is 0 Å². The van der Waals surface area contributed by atoms with Crippen molar-refractivity contribution in [1.29, 1.82) is 0 Å². The van der Waals surface area contributed by atoms with Crippen LogP contribution in [0, 0.1) is 16.0 Å². The molecule has 6 heteroatoms. The van der Waals surface area contributed by atoms with E-state index in [1.807, 2.05) is 0 Å². The van der Waals surface area contributed by atoms with Crippen LogP contribution >= 0.6 is 0 Å². The van der Waals surface area contributed by atoms with Crippen molar-refractivity contribution >= 4 is 11.5 Å². The molecule has 102 valence electrons. The predicted octanol–water partition coefficient (Wildman–Crippen LogP) is 2.56. The smallest absolute Gasteiger partial charge is 0.270 e. The maximum atomic E-state index is 11.4. The summed E-state index contributed by atoms with van der Waals surface area (Å²) < 4.78 is 10.7. The van der Waals surface area contributed by atoms with Crippen LogP contribution in [0.15, 0.2) is 18.2 Å². The van der Waals surface area contributed by atoms with Crippen molar-refractivity contribution in [2.45, 2.75) is 19.8 Å². The van der Waals surface area contributed by atoms with E-state index in [2.05, 4.69) is 0 Å². The maximum Gasteiger partial charge on any atom is 0.270 e. The highest BCUT2D eigenvalue weighted by Crippen LogP contribution is 2.29. The van der Waals surface area contributed by atoms with Crippen molar-refractivity contribution in [3.05, 3.63) is 33.9 Å².